The Balaban J connectivity index is 2.07. The van der Waals surface area contributed by atoms with E-state index in [-0.39, 0.29) is 30.1 Å². The average Bonchev–Trinajstić information content (AvgIpc) is 2.84. The zero-order valence-corrected chi connectivity index (χ0v) is 9.10. The molecule has 0 bridgehead atoms. The first-order valence-corrected chi connectivity index (χ1v) is 4.98. The van der Waals surface area contributed by atoms with Crippen molar-refractivity contribution in [1.82, 2.24) is 0 Å². The maximum absolute atomic E-state index is 11.7. The van der Waals surface area contributed by atoms with Gasteiger partial charge in [-0.25, -0.2) is 9.59 Å². The molecule has 1 aliphatic heterocycles. The molecule has 0 unspecified atom stereocenters. The van der Waals surface area contributed by atoms with Crippen LogP contribution in [0.5, 0.6) is 0 Å². The molecular formula is C11H10O6. The molecule has 90 valence electrons. The van der Waals surface area contributed by atoms with Crippen LogP contribution < -0.4 is 0 Å². The molecule has 2 aliphatic rings. The minimum Gasteiger partial charge on any atom is -0.496 e. The summed E-state index contributed by atoms with van der Waals surface area (Å²) in [4.78, 5) is 33.9. The van der Waals surface area contributed by atoms with Crippen molar-refractivity contribution in [1.29, 1.82) is 0 Å². The number of ether oxygens (including phenoxy) is 3. The van der Waals surface area contributed by atoms with E-state index in [2.05, 4.69) is 4.74 Å². The van der Waals surface area contributed by atoms with Crippen LogP contribution in [0.3, 0.4) is 0 Å². The Morgan fingerprint density at radius 3 is 2.82 bits per heavy atom. The lowest BCUT2D eigenvalue weighted by Gasteiger charge is -2.09. The van der Waals surface area contributed by atoms with Crippen molar-refractivity contribution in [3.05, 3.63) is 23.5 Å². The van der Waals surface area contributed by atoms with E-state index in [1.165, 1.54) is 19.3 Å². The SMILES string of the molecule is COC1=C(C(=O)O[C@@H]2C=CC(=O)C2)C(=O)OC1. The summed E-state index contributed by atoms with van der Waals surface area (Å²) in [6.07, 6.45) is 2.31. The number of hydrogen-bond donors (Lipinski definition) is 0. The molecule has 0 spiro atoms. The Bertz CT molecular complexity index is 445. The molecule has 0 radical (unpaired) electrons. The van der Waals surface area contributed by atoms with E-state index in [0.717, 1.165) is 0 Å². The van der Waals surface area contributed by atoms with E-state index in [0.29, 0.717) is 0 Å². The number of carbonyl (C=O) groups is 3. The van der Waals surface area contributed by atoms with E-state index in [4.69, 9.17) is 9.47 Å². The minimum absolute atomic E-state index is 0.0702. The number of allylic oxidation sites excluding steroid dienone is 1. The molecule has 0 aromatic rings. The summed E-state index contributed by atoms with van der Waals surface area (Å²) in [6.45, 7) is -0.0702. The number of carbonyl (C=O) groups excluding carboxylic acids is 3. The van der Waals surface area contributed by atoms with Crippen LogP contribution in [0.15, 0.2) is 23.5 Å². The van der Waals surface area contributed by atoms with Gasteiger partial charge in [0.2, 0.25) is 0 Å². The van der Waals surface area contributed by atoms with Crippen LogP contribution in [0.1, 0.15) is 6.42 Å². The third-order valence-corrected chi connectivity index (χ3v) is 2.43. The van der Waals surface area contributed by atoms with Crippen molar-refractivity contribution in [3.8, 4) is 0 Å². The van der Waals surface area contributed by atoms with E-state index in [1.54, 1.807) is 0 Å². The first-order chi connectivity index (χ1) is 8.11. The highest BCUT2D eigenvalue weighted by atomic mass is 16.6. The third kappa shape index (κ3) is 2.20. The number of methoxy groups -OCH3 is 1. The Morgan fingerprint density at radius 1 is 1.47 bits per heavy atom. The zero-order valence-electron chi connectivity index (χ0n) is 9.10. The number of ketones is 1. The molecule has 0 fully saturated rings. The van der Waals surface area contributed by atoms with Crippen molar-refractivity contribution in [3.63, 3.8) is 0 Å². The van der Waals surface area contributed by atoms with Crippen molar-refractivity contribution >= 4 is 17.7 Å². The van der Waals surface area contributed by atoms with Crippen LogP contribution in [-0.2, 0) is 28.6 Å². The van der Waals surface area contributed by atoms with Gasteiger partial charge in [0.05, 0.1) is 13.5 Å². The molecular weight excluding hydrogens is 228 g/mol. The largest absolute Gasteiger partial charge is 0.496 e. The van der Waals surface area contributed by atoms with E-state index >= 15 is 0 Å². The predicted octanol–water partition coefficient (Wildman–Crippen LogP) is -0.115. The Hall–Kier alpha value is -2.11. The molecule has 0 aromatic heterocycles. The molecule has 1 heterocycles. The summed E-state index contributed by atoms with van der Waals surface area (Å²) in [5.74, 6) is -1.56. The Kier molecular flexibility index (Phi) is 2.95. The van der Waals surface area contributed by atoms with Crippen LogP contribution >= 0.6 is 0 Å². The van der Waals surface area contributed by atoms with E-state index in [9.17, 15) is 14.4 Å². The fourth-order valence-corrected chi connectivity index (χ4v) is 1.57. The molecule has 0 saturated heterocycles. The standard InChI is InChI=1S/C11H10O6/c1-15-8-5-16-10(13)9(8)11(14)17-7-3-2-6(12)4-7/h2-3,7H,4-5H2,1H3/t7-/m1/s1. The van der Waals surface area contributed by atoms with Gasteiger partial charge in [0.15, 0.2) is 17.1 Å². The van der Waals surface area contributed by atoms with Crippen LogP contribution in [0.4, 0.5) is 0 Å². The van der Waals surface area contributed by atoms with Crippen molar-refractivity contribution in [2.75, 3.05) is 13.7 Å². The number of cyclic esters (lactones) is 1. The predicted molar refractivity (Wildman–Crippen MR) is 53.6 cm³/mol. The summed E-state index contributed by atoms with van der Waals surface area (Å²) in [7, 11) is 1.34. The lowest BCUT2D eigenvalue weighted by atomic mass is 10.2. The summed E-state index contributed by atoms with van der Waals surface area (Å²) < 4.78 is 14.5. The van der Waals surface area contributed by atoms with Crippen LogP contribution in [0, 0.1) is 0 Å². The summed E-state index contributed by atoms with van der Waals surface area (Å²) in [5.41, 5.74) is -0.236. The minimum atomic E-state index is -0.825. The monoisotopic (exact) mass is 238 g/mol. The number of esters is 2. The van der Waals surface area contributed by atoms with Crippen molar-refractivity contribution in [2.24, 2.45) is 0 Å². The highest BCUT2D eigenvalue weighted by Gasteiger charge is 2.35. The second-order valence-corrected chi connectivity index (χ2v) is 3.55. The first-order valence-electron chi connectivity index (χ1n) is 4.98. The molecule has 17 heavy (non-hydrogen) atoms. The Labute approximate surface area is 96.8 Å². The van der Waals surface area contributed by atoms with E-state index < -0.39 is 18.0 Å². The summed E-state index contributed by atoms with van der Waals surface area (Å²) in [6, 6.07) is 0. The van der Waals surface area contributed by atoms with Gasteiger partial charge in [-0.05, 0) is 12.2 Å². The highest BCUT2D eigenvalue weighted by Crippen LogP contribution is 2.20. The van der Waals surface area contributed by atoms with Gasteiger partial charge in [0.25, 0.3) is 0 Å². The topological polar surface area (TPSA) is 78.9 Å². The smallest absolute Gasteiger partial charge is 0.349 e. The summed E-state index contributed by atoms with van der Waals surface area (Å²) >= 11 is 0. The van der Waals surface area contributed by atoms with Gasteiger partial charge in [-0.3, -0.25) is 4.79 Å². The fourth-order valence-electron chi connectivity index (χ4n) is 1.57. The molecule has 0 amide bonds. The molecule has 2 rings (SSSR count). The quantitative estimate of drug-likeness (QED) is 0.504. The molecule has 0 aromatic carbocycles. The molecule has 6 heteroatoms. The highest BCUT2D eigenvalue weighted by molar-refractivity contribution is 6.16. The van der Waals surface area contributed by atoms with E-state index in [1.807, 2.05) is 0 Å². The fraction of sp³-hybridized carbons (Fsp3) is 0.364. The molecule has 0 N–H and O–H groups in total. The second kappa shape index (κ2) is 4.40. The second-order valence-electron chi connectivity index (χ2n) is 3.55. The molecule has 0 saturated carbocycles. The molecule has 6 nitrogen and oxygen atoms in total. The van der Waals surface area contributed by atoms with Crippen LogP contribution in [0.25, 0.3) is 0 Å². The van der Waals surface area contributed by atoms with Crippen LogP contribution in [0.2, 0.25) is 0 Å². The van der Waals surface area contributed by atoms with Crippen molar-refractivity contribution < 1.29 is 28.6 Å². The summed E-state index contributed by atoms with van der Waals surface area (Å²) in [5, 5.41) is 0. The maximum Gasteiger partial charge on any atom is 0.349 e. The van der Waals surface area contributed by atoms with Gasteiger partial charge in [-0.15, -0.1) is 0 Å². The van der Waals surface area contributed by atoms with Crippen molar-refractivity contribution in [2.45, 2.75) is 12.5 Å². The van der Waals surface area contributed by atoms with Gasteiger partial charge in [0, 0.05) is 0 Å². The number of rotatable bonds is 3. The van der Waals surface area contributed by atoms with Gasteiger partial charge >= 0.3 is 11.9 Å². The van der Waals surface area contributed by atoms with Gasteiger partial charge in [-0.1, -0.05) is 0 Å². The lowest BCUT2D eigenvalue weighted by molar-refractivity contribution is -0.146. The van der Waals surface area contributed by atoms with Crippen LogP contribution in [-0.4, -0.2) is 37.5 Å². The zero-order chi connectivity index (χ0) is 12.4. The molecule has 1 atom stereocenters. The first kappa shape index (κ1) is 11.4. The average molecular weight is 238 g/mol. The Morgan fingerprint density at radius 2 is 2.24 bits per heavy atom. The molecule has 1 aliphatic carbocycles. The van der Waals surface area contributed by atoms with Gasteiger partial charge < -0.3 is 14.2 Å². The third-order valence-electron chi connectivity index (χ3n) is 2.43. The number of hydrogen-bond acceptors (Lipinski definition) is 6. The normalized spacial score (nSPS) is 23.0. The lowest BCUT2D eigenvalue weighted by Crippen LogP contribution is -2.20. The van der Waals surface area contributed by atoms with Gasteiger partial charge in [0.1, 0.15) is 12.7 Å². The maximum atomic E-state index is 11.7. The van der Waals surface area contributed by atoms with Gasteiger partial charge in [-0.2, -0.15) is 0 Å².